The topological polar surface area (TPSA) is 52.7 Å². The van der Waals surface area contributed by atoms with Gasteiger partial charge in [0, 0.05) is 45.6 Å². The van der Waals surface area contributed by atoms with E-state index in [0.29, 0.717) is 13.1 Å². The van der Waals surface area contributed by atoms with Gasteiger partial charge in [-0.2, -0.15) is 0 Å². The second kappa shape index (κ2) is 8.00. The Morgan fingerprint density at radius 2 is 1.80 bits per heavy atom. The van der Waals surface area contributed by atoms with Gasteiger partial charge in [0.2, 0.25) is 11.8 Å². The van der Waals surface area contributed by atoms with Gasteiger partial charge in [0.15, 0.2) is 0 Å². The molecule has 5 nitrogen and oxygen atoms in total. The van der Waals surface area contributed by atoms with Crippen molar-refractivity contribution < 1.29 is 9.59 Å². The molecule has 0 bridgehead atoms. The molecular weight excluding hydrogens is 314 g/mol. The standard InChI is InChI=1S/C20H29N3O2/c1-3-16-4-6-17(7-5-16)19-14-21-10-13-23(19)20(25)18-8-11-22(12-9-18)15(2)24/h4-7,18-19,21H,3,8-14H2,1-2H3. The minimum atomic E-state index is 0.0473. The number of nitrogens with zero attached hydrogens (tertiary/aromatic N) is 2. The maximum Gasteiger partial charge on any atom is 0.226 e. The van der Waals surface area contributed by atoms with E-state index in [0.717, 1.165) is 38.9 Å². The number of piperidine rings is 1. The highest BCUT2D eigenvalue weighted by atomic mass is 16.2. The van der Waals surface area contributed by atoms with E-state index < -0.39 is 0 Å². The summed E-state index contributed by atoms with van der Waals surface area (Å²) in [6, 6.07) is 8.76. The second-order valence-corrected chi connectivity index (χ2v) is 7.13. The molecular formula is C20H29N3O2. The van der Waals surface area contributed by atoms with Crippen LogP contribution in [0.1, 0.15) is 43.9 Å². The third-order valence-corrected chi connectivity index (χ3v) is 5.59. The largest absolute Gasteiger partial charge is 0.343 e. The first-order valence-corrected chi connectivity index (χ1v) is 9.45. The van der Waals surface area contributed by atoms with E-state index in [4.69, 9.17) is 0 Å². The van der Waals surface area contributed by atoms with E-state index in [9.17, 15) is 9.59 Å². The summed E-state index contributed by atoms with van der Waals surface area (Å²) in [6.07, 6.45) is 2.59. The van der Waals surface area contributed by atoms with Crippen molar-refractivity contribution in [3.8, 4) is 0 Å². The van der Waals surface area contributed by atoms with Gasteiger partial charge in [-0.1, -0.05) is 31.2 Å². The molecule has 2 aliphatic heterocycles. The molecule has 0 radical (unpaired) electrons. The van der Waals surface area contributed by atoms with E-state index in [-0.39, 0.29) is 23.8 Å². The van der Waals surface area contributed by atoms with Crippen LogP contribution < -0.4 is 5.32 Å². The lowest BCUT2D eigenvalue weighted by atomic mass is 9.93. The Kier molecular flexibility index (Phi) is 5.74. The lowest BCUT2D eigenvalue weighted by Gasteiger charge is -2.40. The minimum absolute atomic E-state index is 0.0473. The highest BCUT2D eigenvalue weighted by molar-refractivity contribution is 5.80. The van der Waals surface area contributed by atoms with Crippen LogP contribution in [0.5, 0.6) is 0 Å². The molecule has 1 unspecified atom stereocenters. The Bertz CT molecular complexity index is 606. The average Bonchev–Trinajstić information content (AvgIpc) is 2.67. The number of carbonyl (C=O) groups is 2. The van der Waals surface area contributed by atoms with Gasteiger partial charge >= 0.3 is 0 Å². The van der Waals surface area contributed by atoms with Gasteiger partial charge in [-0.15, -0.1) is 0 Å². The third kappa shape index (κ3) is 4.03. The van der Waals surface area contributed by atoms with Crippen molar-refractivity contribution >= 4 is 11.8 Å². The molecule has 2 amide bonds. The molecule has 1 aromatic rings. The molecule has 1 N–H and O–H groups in total. The zero-order valence-corrected chi connectivity index (χ0v) is 15.3. The fourth-order valence-corrected chi connectivity index (χ4v) is 3.92. The molecule has 1 atom stereocenters. The van der Waals surface area contributed by atoms with Gasteiger partial charge in [-0.3, -0.25) is 9.59 Å². The Balaban J connectivity index is 1.70. The van der Waals surface area contributed by atoms with Crippen molar-refractivity contribution in [2.75, 3.05) is 32.7 Å². The quantitative estimate of drug-likeness (QED) is 0.913. The van der Waals surface area contributed by atoms with Crippen molar-refractivity contribution in [1.29, 1.82) is 0 Å². The first kappa shape index (κ1) is 17.9. The van der Waals surface area contributed by atoms with E-state index in [2.05, 4.69) is 41.4 Å². The molecule has 0 aliphatic carbocycles. The van der Waals surface area contributed by atoms with Crippen LogP contribution >= 0.6 is 0 Å². The maximum atomic E-state index is 13.1. The monoisotopic (exact) mass is 343 g/mol. The first-order chi connectivity index (χ1) is 12.1. The smallest absolute Gasteiger partial charge is 0.226 e. The van der Waals surface area contributed by atoms with Crippen LogP contribution in [0.15, 0.2) is 24.3 Å². The summed E-state index contributed by atoms with van der Waals surface area (Å²) in [7, 11) is 0. The van der Waals surface area contributed by atoms with Crippen molar-refractivity contribution in [1.82, 2.24) is 15.1 Å². The molecule has 3 rings (SSSR count). The summed E-state index contributed by atoms with van der Waals surface area (Å²) in [4.78, 5) is 28.5. The zero-order chi connectivity index (χ0) is 17.8. The molecule has 25 heavy (non-hydrogen) atoms. The SMILES string of the molecule is CCc1ccc(C2CNCCN2C(=O)C2CCN(C(C)=O)CC2)cc1. The summed E-state index contributed by atoms with van der Waals surface area (Å²) < 4.78 is 0. The number of piperazine rings is 1. The first-order valence-electron chi connectivity index (χ1n) is 9.45. The van der Waals surface area contributed by atoms with Crippen LogP contribution in [-0.4, -0.2) is 54.3 Å². The van der Waals surface area contributed by atoms with Gasteiger partial charge in [0.1, 0.15) is 0 Å². The molecule has 0 spiro atoms. The second-order valence-electron chi connectivity index (χ2n) is 7.13. The van der Waals surface area contributed by atoms with Gasteiger partial charge in [-0.05, 0) is 30.4 Å². The van der Waals surface area contributed by atoms with Crippen LogP contribution in [-0.2, 0) is 16.0 Å². The average molecular weight is 343 g/mol. The number of hydrogen-bond donors (Lipinski definition) is 1. The Morgan fingerprint density at radius 1 is 1.12 bits per heavy atom. The fraction of sp³-hybridized carbons (Fsp3) is 0.600. The molecule has 1 aromatic carbocycles. The summed E-state index contributed by atoms with van der Waals surface area (Å²) >= 11 is 0. The summed E-state index contributed by atoms with van der Waals surface area (Å²) in [5.74, 6) is 0.419. The normalized spacial score (nSPS) is 22.1. The van der Waals surface area contributed by atoms with Crippen LogP contribution in [0.25, 0.3) is 0 Å². The van der Waals surface area contributed by atoms with Crippen LogP contribution in [0.3, 0.4) is 0 Å². The number of rotatable bonds is 3. The predicted molar refractivity (Wildman–Crippen MR) is 98.1 cm³/mol. The van der Waals surface area contributed by atoms with Gasteiger partial charge in [0.05, 0.1) is 6.04 Å². The molecule has 2 saturated heterocycles. The third-order valence-electron chi connectivity index (χ3n) is 5.59. The highest BCUT2D eigenvalue weighted by Crippen LogP contribution is 2.28. The van der Waals surface area contributed by atoms with Crippen LogP contribution in [0, 0.1) is 5.92 Å². The number of likely N-dealkylation sites (tertiary alicyclic amines) is 1. The Hall–Kier alpha value is -1.88. The minimum Gasteiger partial charge on any atom is -0.343 e. The molecule has 0 aromatic heterocycles. The molecule has 2 aliphatic rings. The van der Waals surface area contributed by atoms with Gasteiger partial charge in [-0.25, -0.2) is 0 Å². The Morgan fingerprint density at radius 3 is 2.40 bits per heavy atom. The number of amides is 2. The van der Waals surface area contributed by atoms with E-state index in [1.54, 1.807) is 6.92 Å². The molecule has 5 heteroatoms. The van der Waals surface area contributed by atoms with E-state index >= 15 is 0 Å². The summed E-state index contributed by atoms with van der Waals surface area (Å²) in [5, 5.41) is 3.42. The summed E-state index contributed by atoms with van der Waals surface area (Å²) in [5.41, 5.74) is 2.53. The van der Waals surface area contributed by atoms with Crippen molar-refractivity contribution in [3.63, 3.8) is 0 Å². The molecule has 0 saturated carbocycles. The van der Waals surface area contributed by atoms with Crippen molar-refractivity contribution in [2.45, 2.75) is 39.2 Å². The molecule has 2 heterocycles. The van der Waals surface area contributed by atoms with E-state index in [1.165, 1.54) is 11.1 Å². The lowest BCUT2D eigenvalue weighted by Crippen LogP contribution is -2.52. The zero-order valence-electron chi connectivity index (χ0n) is 15.3. The number of carbonyl (C=O) groups excluding carboxylic acids is 2. The number of hydrogen-bond acceptors (Lipinski definition) is 3. The van der Waals surface area contributed by atoms with Gasteiger partial charge < -0.3 is 15.1 Å². The Labute approximate surface area is 150 Å². The molecule has 2 fully saturated rings. The lowest BCUT2D eigenvalue weighted by molar-refractivity contribution is -0.142. The maximum absolute atomic E-state index is 13.1. The summed E-state index contributed by atoms with van der Waals surface area (Å²) in [6.45, 7) is 7.58. The molecule has 136 valence electrons. The number of nitrogens with one attached hydrogen (secondary N) is 1. The van der Waals surface area contributed by atoms with Gasteiger partial charge in [0.25, 0.3) is 0 Å². The predicted octanol–water partition coefficient (Wildman–Crippen LogP) is 1.98. The van der Waals surface area contributed by atoms with Crippen LogP contribution in [0.2, 0.25) is 0 Å². The number of aryl methyl sites for hydroxylation is 1. The van der Waals surface area contributed by atoms with Crippen LogP contribution in [0.4, 0.5) is 0 Å². The highest BCUT2D eigenvalue weighted by Gasteiger charge is 2.34. The number of benzene rings is 1. The van der Waals surface area contributed by atoms with Crippen molar-refractivity contribution in [2.24, 2.45) is 5.92 Å². The van der Waals surface area contributed by atoms with Crippen molar-refractivity contribution in [3.05, 3.63) is 35.4 Å². The fourth-order valence-electron chi connectivity index (χ4n) is 3.92. The van der Waals surface area contributed by atoms with E-state index in [1.807, 2.05) is 4.90 Å².